The van der Waals surface area contributed by atoms with Crippen molar-refractivity contribution in [2.24, 2.45) is 0 Å². The molecule has 0 radical (unpaired) electrons. The summed E-state index contributed by atoms with van der Waals surface area (Å²) in [7, 11) is 1.62. The van der Waals surface area contributed by atoms with Crippen LogP contribution in [0.25, 0.3) is 0 Å². The number of nitrogens with one attached hydrogen (secondary N) is 1. The summed E-state index contributed by atoms with van der Waals surface area (Å²) in [6.45, 7) is 8.63. The summed E-state index contributed by atoms with van der Waals surface area (Å²) in [5, 5.41) is 2.97. The Bertz CT molecular complexity index is 733. The number of carbonyl (C=O) groups excluding carboxylic acids is 1. The summed E-state index contributed by atoms with van der Waals surface area (Å²) in [4.78, 5) is 12.4. The SMILES string of the molecule is CCOc1ccc(C(=O)NC(C)(C)C)cc1COc1ccc(OC)cc1. The molecule has 0 aliphatic carbocycles. The quantitative estimate of drug-likeness (QED) is 0.807. The maximum atomic E-state index is 12.4. The van der Waals surface area contributed by atoms with Crippen LogP contribution in [-0.4, -0.2) is 25.2 Å². The van der Waals surface area contributed by atoms with Gasteiger partial charge in [0.15, 0.2) is 0 Å². The summed E-state index contributed by atoms with van der Waals surface area (Å²) in [6, 6.07) is 12.8. The van der Waals surface area contributed by atoms with Gasteiger partial charge in [0.1, 0.15) is 23.9 Å². The molecule has 2 rings (SSSR count). The van der Waals surface area contributed by atoms with Gasteiger partial charge < -0.3 is 19.5 Å². The van der Waals surface area contributed by atoms with E-state index in [1.807, 2.05) is 64.1 Å². The van der Waals surface area contributed by atoms with Gasteiger partial charge in [-0.3, -0.25) is 4.79 Å². The summed E-state index contributed by atoms with van der Waals surface area (Å²) < 4.78 is 16.7. The Morgan fingerprint density at radius 1 is 1.00 bits per heavy atom. The van der Waals surface area contributed by atoms with E-state index < -0.39 is 0 Å². The second kappa shape index (κ2) is 8.61. The molecule has 0 bridgehead atoms. The van der Waals surface area contributed by atoms with E-state index in [-0.39, 0.29) is 11.4 Å². The van der Waals surface area contributed by atoms with Crippen molar-refractivity contribution < 1.29 is 19.0 Å². The lowest BCUT2D eigenvalue weighted by atomic mass is 10.1. The van der Waals surface area contributed by atoms with Crippen LogP contribution >= 0.6 is 0 Å². The van der Waals surface area contributed by atoms with Crippen molar-refractivity contribution in [2.45, 2.75) is 39.8 Å². The fourth-order valence-corrected chi connectivity index (χ4v) is 2.38. The molecule has 26 heavy (non-hydrogen) atoms. The second-order valence-corrected chi connectivity index (χ2v) is 6.92. The highest BCUT2D eigenvalue weighted by atomic mass is 16.5. The molecule has 140 valence electrons. The minimum absolute atomic E-state index is 0.119. The predicted octanol–water partition coefficient (Wildman–Crippen LogP) is 4.20. The van der Waals surface area contributed by atoms with Gasteiger partial charge in [0, 0.05) is 16.7 Å². The van der Waals surface area contributed by atoms with Crippen LogP contribution in [0.5, 0.6) is 17.2 Å². The van der Waals surface area contributed by atoms with Gasteiger partial charge >= 0.3 is 0 Å². The molecule has 0 heterocycles. The lowest BCUT2D eigenvalue weighted by Gasteiger charge is -2.21. The van der Waals surface area contributed by atoms with Crippen LogP contribution in [0, 0.1) is 0 Å². The van der Waals surface area contributed by atoms with Crippen LogP contribution in [0.1, 0.15) is 43.6 Å². The number of rotatable bonds is 7. The fraction of sp³-hybridized carbons (Fsp3) is 0.381. The molecule has 0 fully saturated rings. The van der Waals surface area contributed by atoms with Crippen LogP contribution in [0.4, 0.5) is 0 Å². The molecule has 0 saturated heterocycles. The molecule has 2 aromatic rings. The molecule has 0 atom stereocenters. The Morgan fingerprint density at radius 2 is 1.65 bits per heavy atom. The minimum Gasteiger partial charge on any atom is -0.497 e. The average molecular weight is 357 g/mol. The molecule has 0 unspecified atom stereocenters. The zero-order chi connectivity index (χ0) is 19.2. The van der Waals surface area contributed by atoms with Crippen LogP contribution in [0.15, 0.2) is 42.5 Å². The molecular formula is C21H27NO4. The number of ether oxygens (including phenoxy) is 3. The van der Waals surface area contributed by atoms with Gasteiger partial charge in [0.25, 0.3) is 5.91 Å². The Hall–Kier alpha value is -2.69. The molecule has 1 amide bonds. The number of carbonyl (C=O) groups is 1. The third kappa shape index (κ3) is 5.69. The molecule has 5 nitrogen and oxygen atoms in total. The van der Waals surface area contributed by atoms with E-state index in [4.69, 9.17) is 14.2 Å². The predicted molar refractivity (Wildman–Crippen MR) is 102 cm³/mol. The molecule has 2 aromatic carbocycles. The standard InChI is InChI=1S/C21H27NO4/c1-6-25-19-12-7-15(20(23)22-21(2,3)4)13-16(19)14-26-18-10-8-17(24-5)9-11-18/h7-13H,6,14H2,1-5H3,(H,22,23). The first-order chi connectivity index (χ1) is 12.3. The topological polar surface area (TPSA) is 56.8 Å². The van der Waals surface area contributed by atoms with Gasteiger partial charge in [-0.15, -0.1) is 0 Å². The molecule has 0 aliphatic rings. The third-order valence-electron chi connectivity index (χ3n) is 3.56. The van der Waals surface area contributed by atoms with E-state index in [2.05, 4.69) is 5.32 Å². The van der Waals surface area contributed by atoms with Crippen LogP contribution in [0.2, 0.25) is 0 Å². The van der Waals surface area contributed by atoms with E-state index in [0.29, 0.717) is 24.5 Å². The Labute approximate surface area is 155 Å². The summed E-state index contributed by atoms with van der Waals surface area (Å²) in [6.07, 6.45) is 0. The van der Waals surface area contributed by atoms with Gasteiger partial charge in [-0.05, 0) is 70.2 Å². The van der Waals surface area contributed by atoms with Crippen molar-refractivity contribution in [3.05, 3.63) is 53.6 Å². The molecule has 1 N–H and O–H groups in total. The van der Waals surface area contributed by atoms with Crippen LogP contribution in [-0.2, 0) is 6.61 Å². The first-order valence-electron chi connectivity index (χ1n) is 8.67. The van der Waals surface area contributed by atoms with Gasteiger partial charge in [-0.25, -0.2) is 0 Å². The number of methoxy groups -OCH3 is 1. The summed E-state index contributed by atoms with van der Waals surface area (Å²) in [5.41, 5.74) is 1.11. The summed E-state index contributed by atoms with van der Waals surface area (Å²) >= 11 is 0. The van der Waals surface area contributed by atoms with Crippen LogP contribution in [0.3, 0.4) is 0 Å². The number of amides is 1. The number of benzene rings is 2. The zero-order valence-electron chi connectivity index (χ0n) is 16.1. The zero-order valence-corrected chi connectivity index (χ0v) is 16.1. The van der Waals surface area contributed by atoms with Crippen molar-refractivity contribution >= 4 is 5.91 Å². The van der Waals surface area contributed by atoms with Crippen molar-refractivity contribution in [2.75, 3.05) is 13.7 Å². The van der Waals surface area contributed by atoms with E-state index in [1.165, 1.54) is 0 Å². The average Bonchev–Trinajstić information content (AvgIpc) is 2.60. The Kier molecular flexibility index (Phi) is 6.50. The molecule has 0 spiro atoms. The van der Waals surface area contributed by atoms with Crippen LogP contribution < -0.4 is 19.5 Å². The fourth-order valence-electron chi connectivity index (χ4n) is 2.38. The van der Waals surface area contributed by atoms with Crippen molar-refractivity contribution in [3.63, 3.8) is 0 Å². The van der Waals surface area contributed by atoms with Gasteiger partial charge in [-0.1, -0.05) is 0 Å². The summed E-state index contributed by atoms with van der Waals surface area (Å²) in [5.74, 6) is 2.09. The molecule has 5 heteroatoms. The second-order valence-electron chi connectivity index (χ2n) is 6.92. The highest BCUT2D eigenvalue weighted by Crippen LogP contribution is 2.24. The first kappa shape index (κ1) is 19.6. The number of hydrogen-bond donors (Lipinski definition) is 1. The highest BCUT2D eigenvalue weighted by molar-refractivity contribution is 5.95. The highest BCUT2D eigenvalue weighted by Gasteiger charge is 2.17. The molecule has 0 saturated carbocycles. The van der Waals surface area contributed by atoms with E-state index in [9.17, 15) is 4.79 Å². The normalized spacial score (nSPS) is 11.0. The maximum absolute atomic E-state index is 12.4. The smallest absolute Gasteiger partial charge is 0.251 e. The Balaban J connectivity index is 2.17. The maximum Gasteiger partial charge on any atom is 0.251 e. The largest absolute Gasteiger partial charge is 0.497 e. The van der Waals surface area contributed by atoms with Crippen molar-refractivity contribution in [1.29, 1.82) is 0 Å². The van der Waals surface area contributed by atoms with Crippen molar-refractivity contribution in [1.82, 2.24) is 5.32 Å². The van der Waals surface area contributed by atoms with Gasteiger partial charge in [0.2, 0.25) is 0 Å². The number of hydrogen-bond acceptors (Lipinski definition) is 4. The van der Waals surface area contributed by atoms with E-state index in [0.717, 1.165) is 17.1 Å². The van der Waals surface area contributed by atoms with E-state index >= 15 is 0 Å². The molecule has 0 aliphatic heterocycles. The third-order valence-corrected chi connectivity index (χ3v) is 3.56. The molecular weight excluding hydrogens is 330 g/mol. The Morgan fingerprint density at radius 3 is 2.23 bits per heavy atom. The van der Waals surface area contributed by atoms with E-state index in [1.54, 1.807) is 13.2 Å². The first-order valence-corrected chi connectivity index (χ1v) is 8.67. The minimum atomic E-state index is -0.296. The monoisotopic (exact) mass is 357 g/mol. The molecule has 0 aromatic heterocycles. The lowest BCUT2D eigenvalue weighted by molar-refractivity contribution is 0.0919. The lowest BCUT2D eigenvalue weighted by Crippen LogP contribution is -2.40. The van der Waals surface area contributed by atoms with Crippen molar-refractivity contribution in [3.8, 4) is 17.2 Å². The van der Waals surface area contributed by atoms with Gasteiger partial charge in [0.05, 0.1) is 13.7 Å². The van der Waals surface area contributed by atoms with Gasteiger partial charge in [-0.2, -0.15) is 0 Å².